The molecule has 2 atom stereocenters. The van der Waals surface area contributed by atoms with Gasteiger partial charge < -0.3 is 14.7 Å². The number of nitrogens with zero attached hydrogens (tertiary/aromatic N) is 1. The van der Waals surface area contributed by atoms with Gasteiger partial charge in [-0.05, 0) is 44.2 Å². The Morgan fingerprint density at radius 1 is 1.44 bits per heavy atom. The van der Waals surface area contributed by atoms with Gasteiger partial charge in [0.25, 0.3) is 0 Å². The van der Waals surface area contributed by atoms with E-state index in [2.05, 4.69) is 17.0 Å². The van der Waals surface area contributed by atoms with Gasteiger partial charge in [0.2, 0.25) is 0 Å². The minimum Gasteiger partial charge on any atom is -0.495 e. The van der Waals surface area contributed by atoms with Crippen LogP contribution in [-0.4, -0.2) is 31.4 Å². The molecule has 2 rings (SSSR count). The molecule has 0 radical (unpaired) electrons. The number of para-hydroxylation sites is 2. The van der Waals surface area contributed by atoms with Crippen LogP contribution in [0.25, 0.3) is 0 Å². The van der Waals surface area contributed by atoms with Crippen molar-refractivity contribution in [1.29, 1.82) is 0 Å². The van der Waals surface area contributed by atoms with Crippen molar-refractivity contribution in [1.82, 2.24) is 0 Å². The molecular weight excluding hydrogens is 226 g/mol. The first-order valence-corrected chi connectivity index (χ1v) is 6.76. The highest BCUT2D eigenvalue weighted by Crippen LogP contribution is 2.33. The number of aliphatic hydroxyl groups is 1. The molecule has 1 aliphatic rings. The summed E-state index contributed by atoms with van der Waals surface area (Å²) in [7, 11) is 1.72. The van der Waals surface area contributed by atoms with Crippen LogP contribution in [0, 0.1) is 5.92 Å². The molecule has 0 aromatic heterocycles. The van der Waals surface area contributed by atoms with Gasteiger partial charge in [-0.1, -0.05) is 12.1 Å². The number of ether oxygens (including phenoxy) is 1. The predicted octanol–water partition coefficient (Wildman–Crippen LogP) is 2.68. The van der Waals surface area contributed by atoms with Crippen molar-refractivity contribution in [2.24, 2.45) is 5.92 Å². The Kier molecular flexibility index (Phi) is 4.48. The normalized spacial score (nSPS) is 21.1. The van der Waals surface area contributed by atoms with Crippen LogP contribution in [0.5, 0.6) is 5.75 Å². The number of aliphatic hydroxyl groups excluding tert-OH is 1. The van der Waals surface area contributed by atoms with Gasteiger partial charge in [0, 0.05) is 13.1 Å². The molecule has 100 valence electrons. The molecule has 1 saturated heterocycles. The molecule has 1 N–H and O–H groups in total. The van der Waals surface area contributed by atoms with Gasteiger partial charge in [-0.15, -0.1) is 0 Å². The predicted molar refractivity (Wildman–Crippen MR) is 74.2 cm³/mol. The van der Waals surface area contributed by atoms with Gasteiger partial charge >= 0.3 is 0 Å². The first-order chi connectivity index (χ1) is 8.70. The minimum absolute atomic E-state index is 0.176. The largest absolute Gasteiger partial charge is 0.495 e. The number of methoxy groups -OCH3 is 1. The molecule has 3 nitrogen and oxygen atoms in total. The zero-order valence-corrected chi connectivity index (χ0v) is 11.3. The van der Waals surface area contributed by atoms with E-state index in [-0.39, 0.29) is 6.10 Å². The van der Waals surface area contributed by atoms with Gasteiger partial charge in [0.15, 0.2) is 0 Å². The molecule has 0 amide bonds. The summed E-state index contributed by atoms with van der Waals surface area (Å²) in [5, 5.41) is 9.34. The van der Waals surface area contributed by atoms with Crippen LogP contribution in [0.2, 0.25) is 0 Å². The lowest BCUT2D eigenvalue weighted by Gasteiger charge is -2.21. The summed E-state index contributed by atoms with van der Waals surface area (Å²) in [5.41, 5.74) is 1.19. The maximum Gasteiger partial charge on any atom is 0.142 e. The SMILES string of the molecule is COc1ccccc1N1CCC(CCC(C)O)C1. The fraction of sp³-hybridized carbons (Fsp3) is 0.600. The van der Waals surface area contributed by atoms with Crippen LogP contribution in [0.3, 0.4) is 0 Å². The average Bonchev–Trinajstić information content (AvgIpc) is 2.85. The zero-order chi connectivity index (χ0) is 13.0. The molecule has 0 saturated carbocycles. The Bertz CT molecular complexity index is 379. The molecular formula is C15H23NO2. The molecule has 18 heavy (non-hydrogen) atoms. The van der Waals surface area contributed by atoms with E-state index in [0.29, 0.717) is 5.92 Å². The molecule has 1 aromatic carbocycles. The quantitative estimate of drug-likeness (QED) is 0.871. The van der Waals surface area contributed by atoms with Crippen molar-refractivity contribution in [3.63, 3.8) is 0 Å². The third-order valence-corrected chi connectivity index (χ3v) is 3.70. The van der Waals surface area contributed by atoms with E-state index in [9.17, 15) is 5.11 Å². The second-order valence-electron chi connectivity index (χ2n) is 5.20. The maximum absolute atomic E-state index is 9.34. The summed E-state index contributed by atoms with van der Waals surface area (Å²) in [5.74, 6) is 1.65. The van der Waals surface area contributed by atoms with Crippen molar-refractivity contribution in [3.8, 4) is 5.75 Å². The van der Waals surface area contributed by atoms with Gasteiger partial charge in [-0.3, -0.25) is 0 Å². The van der Waals surface area contributed by atoms with E-state index in [1.165, 1.54) is 12.1 Å². The Balaban J connectivity index is 1.95. The summed E-state index contributed by atoms with van der Waals surface area (Å²) < 4.78 is 5.41. The van der Waals surface area contributed by atoms with E-state index in [0.717, 1.165) is 31.7 Å². The van der Waals surface area contributed by atoms with E-state index in [1.54, 1.807) is 7.11 Å². The maximum atomic E-state index is 9.34. The Morgan fingerprint density at radius 3 is 2.94 bits per heavy atom. The molecule has 3 heteroatoms. The fourth-order valence-electron chi connectivity index (χ4n) is 2.66. The smallest absolute Gasteiger partial charge is 0.142 e. The number of rotatable bonds is 5. The molecule has 1 aromatic rings. The van der Waals surface area contributed by atoms with Gasteiger partial charge in [0.05, 0.1) is 18.9 Å². The first kappa shape index (κ1) is 13.2. The summed E-state index contributed by atoms with van der Waals surface area (Å²) in [6.07, 6.45) is 3.06. The van der Waals surface area contributed by atoms with Crippen LogP contribution in [0.1, 0.15) is 26.2 Å². The van der Waals surface area contributed by atoms with Gasteiger partial charge in [-0.2, -0.15) is 0 Å². The van der Waals surface area contributed by atoms with Crippen LogP contribution >= 0.6 is 0 Å². The molecule has 2 unspecified atom stereocenters. The Labute approximate surface area is 109 Å². The summed E-state index contributed by atoms with van der Waals surface area (Å²) in [4.78, 5) is 2.39. The zero-order valence-electron chi connectivity index (χ0n) is 11.3. The average molecular weight is 249 g/mol. The third kappa shape index (κ3) is 3.16. The van der Waals surface area contributed by atoms with E-state index in [1.807, 2.05) is 19.1 Å². The molecule has 1 fully saturated rings. The van der Waals surface area contributed by atoms with Crippen molar-refractivity contribution >= 4 is 5.69 Å². The lowest BCUT2D eigenvalue weighted by Crippen LogP contribution is -2.20. The summed E-state index contributed by atoms with van der Waals surface area (Å²) >= 11 is 0. The second kappa shape index (κ2) is 6.10. The van der Waals surface area contributed by atoms with Crippen molar-refractivity contribution in [2.45, 2.75) is 32.3 Å². The van der Waals surface area contributed by atoms with Gasteiger partial charge in [0.1, 0.15) is 5.75 Å². The standard InChI is InChI=1S/C15H23NO2/c1-12(17)7-8-13-9-10-16(11-13)14-5-3-4-6-15(14)18-2/h3-6,12-13,17H,7-11H2,1-2H3. The Morgan fingerprint density at radius 2 is 2.22 bits per heavy atom. The van der Waals surface area contributed by atoms with Crippen LogP contribution in [0.4, 0.5) is 5.69 Å². The van der Waals surface area contributed by atoms with Crippen molar-refractivity contribution in [3.05, 3.63) is 24.3 Å². The lowest BCUT2D eigenvalue weighted by molar-refractivity contribution is 0.175. The molecule has 0 spiro atoms. The van der Waals surface area contributed by atoms with Gasteiger partial charge in [-0.25, -0.2) is 0 Å². The lowest BCUT2D eigenvalue weighted by atomic mass is 10.0. The monoisotopic (exact) mass is 249 g/mol. The second-order valence-corrected chi connectivity index (χ2v) is 5.20. The highest BCUT2D eigenvalue weighted by atomic mass is 16.5. The number of hydrogen-bond acceptors (Lipinski definition) is 3. The van der Waals surface area contributed by atoms with Crippen LogP contribution < -0.4 is 9.64 Å². The molecule has 0 bridgehead atoms. The minimum atomic E-state index is -0.176. The first-order valence-electron chi connectivity index (χ1n) is 6.76. The molecule has 1 heterocycles. The van der Waals surface area contributed by atoms with E-state index < -0.39 is 0 Å². The number of anilines is 1. The van der Waals surface area contributed by atoms with Crippen LogP contribution in [-0.2, 0) is 0 Å². The van der Waals surface area contributed by atoms with Crippen LogP contribution in [0.15, 0.2) is 24.3 Å². The highest BCUT2D eigenvalue weighted by Gasteiger charge is 2.24. The third-order valence-electron chi connectivity index (χ3n) is 3.70. The number of benzene rings is 1. The fourth-order valence-corrected chi connectivity index (χ4v) is 2.66. The number of hydrogen-bond donors (Lipinski definition) is 1. The summed E-state index contributed by atoms with van der Waals surface area (Å²) in [6.45, 7) is 4.03. The molecule has 0 aliphatic carbocycles. The molecule has 1 aliphatic heterocycles. The highest BCUT2D eigenvalue weighted by molar-refractivity contribution is 5.58. The van der Waals surface area contributed by atoms with Crippen molar-refractivity contribution in [2.75, 3.05) is 25.1 Å². The van der Waals surface area contributed by atoms with E-state index >= 15 is 0 Å². The van der Waals surface area contributed by atoms with Crippen molar-refractivity contribution < 1.29 is 9.84 Å². The van der Waals surface area contributed by atoms with E-state index in [4.69, 9.17) is 4.74 Å². The Hall–Kier alpha value is -1.22. The topological polar surface area (TPSA) is 32.7 Å². The summed E-state index contributed by atoms with van der Waals surface area (Å²) in [6, 6.07) is 8.19.